The van der Waals surface area contributed by atoms with E-state index in [1.807, 2.05) is 30.5 Å². The second kappa shape index (κ2) is 5.42. The van der Waals surface area contributed by atoms with Crippen molar-refractivity contribution in [3.8, 4) is 17.6 Å². The lowest BCUT2D eigenvalue weighted by Crippen LogP contribution is -1.86. The number of hydrogen-bond donors (Lipinski definition) is 0. The first-order valence-corrected chi connectivity index (χ1v) is 6.37. The van der Waals surface area contributed by atoms with Crippen LogP contribution in [0.1, 0.15) is 5.56 Å². The average Bonchev–Trinajstić information content (AvgIpc) is 2.40. The zero-order valence-corrected chi connectivity index (χ0v) is 10.2. The maximum atomic E-state index is 8.71. The van der Waals surface area contributed by atoms with E-state index >= 15 is 0 Å². The summed E-state index contributed by atoms with van der Waals surface area (Å²) >= 11 is 1.64. The molecule has 0 aliphatic rings. The fourth-order valence-electron chi connectivity index (χ4n) is 1.43. The van der Waals surface area contributed by atoms with Gasteiger partial charge in [0, 0.05) is 4.90 Å². The molecule has 0 fully saturated rings. The number of nitrogens with zero attached hydrogens (tertiary/aromatic N) is 1. The number of rotatable bonds is 3. The summed E-state index contributed by atoms with van der Waals surface area (Å²) in [6, 6.07) is 17.1. The van der Waals surface area contributed by atoms with E-state index in [-0.39, 0.29) is 0 Å². The molecule has 0 bridgehead atoms. The van der Waals surface area contributed by atoms with Gasteiger partial charge in [0.05, 0.1) is 11.6 Å². The minimum Gasteiger partial charge on any atom is -0.456 e. The van der Waals surface area contributed by atoms with Gasteiger partial charge in [0.2, 0.25) is 0 Å². The molecule has 0 saturated carbocycles. The van der Waals surface area contributed by atoms with Crippen LogP contribution in [0.15, 0.2) is 53.4 Å². The van der Waals surface area contributed by atoms with Crippen molar-refractivity contribution in [1.29, 1.82) is 5.26 Å². The zero-order chi connectivity index (χ0) is 12.1. The molecule has 0 N–H and O–H groups in total. The summed E-state index contributed by atoms with van der Waals surface area (Å²) in [7, 11) is 0. The summed E-state index contributed by atoms with van der Waals surface area (Å²) in [5, 5.41) is 8.71. The molecule has 0 saturated heterocycles. The Bertz CT molecular complexity index is 543. The van der Waals surface area contributed by atoms with Gasteiger partial charge in [0.25, 0.3) is 0 Å². The van der Waals surface area contributed by atoms with Gasteiger partial charge in [-0.05, 0) is 42.7 Å². The third-order valence-electron chi connectivity index (χ3n) is 2.28. The molecular weight excluding hydrogens is 230 g/mol. The van der Waals surface area contributed by atoms with Crippen LogP contribution in [-0.2, 0) is 0 Å². The van der Waals surface area contributed by atoms with Crippen molar-refractivity contribution >= 4 is 11.8 Å². The summed E-state index contributed by atoms with van der Waals surface area (Å²) in [4.78, 5) is 1.09. The van der Waals surface area contributed by atoms with Crippen LogP contribution in [0.5, 0.6) is 11.5 Å². The van der Waals surface area contributed by atoms with Gasteiger partial charge in [-0.3, -0.25) is 0 Å². The third kappa shape index (κ3) is 2.80. The SMILES string of the molecule is CSc1ccccc1Oc1ccc(C#N)cc1. The highest BCUT2D eigenvalue weighted by Gasteiger charge is 2.02. The highest BCUT2D eigenvalue weighted by Crippen LogP contribution is 2.31. The number of ether oxygens (including phenoxy) is 1. The van der Waals surface area contributed by atoms with E-state index in [4.69, 9.17) is 10.00 Å². The van der Waals surface area contributed by atoms with Crippen molar-refractivity contribution in [1.82, 2.24) is 0 Å². The molecule has 2 aromatic rings. The Hall–Kier alpha value is -1.92. The van der Waals surface area contributed by atoms with Crippen molar-refractivity contribution in [2.45, 2.75) is 4.90 Å². The Balaban J connectivity index is 2.22. The van der Waals surface area contributed by atoms with Crippen molar-refractivity contribution in [2.75, 3.05) is 6.26 Å². The first-order chi connectivity index (χ1) is 8.33. The molecule has 2 aromatic carbocycles. The van der Waals surface area contributed by atoms with Crippen LogP contribution in [0.2, 0.25) is 0 Å². The van der Waals surface area contributed by atoms with E-state index in [1.165, 1.54) is 0 Å². The van der Waals surface area contributed by atoms with Crippen molar-refractivity contribution < 1.29 is 4.74 Å². The molecule has 2 rings (SSSR count). The molecule has 17 heavy (non-hydrogen) atoms. The average molecular weight is 241 g/mol. The normalized spacial score (nSPS) is 9.65. The standard InChI is InChI=1S/C14H11NOS/c1-17-14-5-3-2-4-13(14)16-12-8-6-11(10-15)7-9-12/h2-9H,1H3. The molecule has 0 spiro atoms. The van der Waals surface area contributed by atoms with E-state index in [0.29, 0.717) is 5.56 Å². The quantitative estimate of drug-likeness (QED) is 0.759. The van der Waals surface area contributed by atoms with Gasteiger partial charge in [-0.15, -0.1) is 11.8 Å². The topological polar surface area (TPSA) is 33.0 Å². The Morgan fingerprint density at radius 2 is 1.76 bits per heavy atom. The Labute approximate surface area is 105 Å². The second-order valence-corrected chi connectivity index (χ2v) is 4.24. The maximum absolute atomic E-state index is 8.71. The molecule has 0 unspecified atom stereocenters. The lowest BCUT2D eigenvalue weighted by molar-refractivity contribution is 0.471. The fourth-order valence-corrected chi connectivity index (χ4v) is 1.95. The van der Waals surface area contributed by atoms with E-state index < -0.39 is 0 Å². The number of hydrogen-bond acceptors (Lipinski definition) is 3. The molecule has 0 amide bonds. The molecule has 2 nitrogen and oxygen atoms in total. The van der Waals surface area contributed by atoms with Gasteiger partial charge in [-0.1, -0.05) is 12.1 Å². The predicted octanol–water partition coefficient (Wildman–Crippen LogP) is 4.07. The molecule has 0 heterocycles. The van der Waals surface area contributed by atoms with Crippen molar-refractivity contribution in [3.63, 3.8) is 0 Å². The van der Waals surface area contributed by atoms with Gasteiger partial charge in [0.15, 0.2) is 0 Å². The van der Waals surface area contributed by atoms with Crippen LogP contribution in [0.4, 0.5) is 0 Å². The van der Waals surface area contributed by atoms with Gasteiger partial charge in [0.1, 0.15) is 11.5 Å². The van der Waals surface area contributed by atoms with Gasteiger partial charge in [-0.2, -0.15) is 5.26 Å². The zero-order valence-electron chi connectivity index (χ0n) is 9.38. The summed E-state index contributed by atoms with van der Waals surface area (Å²) < 4.78 is 5.77. The molecule has 3 heteroatoms. The summed E-state index contributed by atoms with van der Waals surface area (Å²) in [5.41, 5.74) is 0.635. The first kappa shape index (κ1) is 11.6. The number of thioether (sulfide) groups is 1. The molecule has 0 aliphatic heterocycles. The molecule has 0 aliphatic carbocycles. The lowest BCUT2D eigenvalue weighted by atomic mass is 10.2. The maximum Gasteiger partial charge on any atom is 0.140 e. The van der Waals surface area contributed by atoms with Crippen LogP contribution >= 0.6 is 11.8 Å². The van der Waals surface area contributed by atoms with Gasteiger partial charge < -0.3 is 4.74 Å². The Morgan fingerprint density at radius 3 is 2.41 bits per heavy atom. The molecule has 84 valence electrons. The summed E-state index contributed by atoms with van der Waals surface area (Å²) in [5.74, 6) is 1.58. The summed E-state index contributed by atoms with van der Waals surface area (Å²) in [6.45, 7) is 0. The number of benzene rings is 2. The Morgan fingerprint density at radius 1 is 1.06 bits per heavy atom. The minimum absolute atomic E-state index is 0.635. The van der Waals surface area contributed by atoms with Gasteiger partial charge >= 0.3 is 0 Å². The molecule has 0 atom stereocenters. The van der Waals surface area contributed by atoms with E-state index in [1.54, 1.807) is 36.0 Å². The fraction of sp³-hybridized carbons (Fsp3) is 0.0714. The molecular formula is C14H11NOS. The van der Waals surface area contributed by atoms with Crippen LogP contribution in [0.25, 0.3) is 0 Å². The number of para-hydroxylation sites is 1. The van der Waals surface area contributed by atoms with Crippen LogP contribution in [0, 0.1) is 11.3 Å². The predicted molar refractivity (Wildman–Crippen MR) is 69.5 cm³/mol. The highest BCUT2D eigenvalue weighted by molar-refractivity contribution is 7.98. The van der Waals surface area contributed by atoms with Gasteiger partial charge in [-0.25, -0.2) is 0 Å². The molecule has 0 aromatic heterocycles. The lowest BCUT2D eigenvalue weighted by Gasteiger charge is -2.09. The monoisotopic (exact) mass is 241 g/mol. The Kier molecular flexibility index (Phi) is 3.69. The first-order valence-electron chi connectivity index (χ1n) is 5.14. The number of nitriles is 1. The summed E-state index contributed by atoms with van der Waals surface area (Å²) in [6.07, 6.45) is 2.01. The van der Waals surface area contributed by atoms with E-state index in [9.17, 15) is 0 Å². The van der Waals surface area contributed by atoms with E-state index in [0.717, 1.165) is 16.4 Å². The van der Waals surface area contributed by atoms with E-state index in [2.05, 4.69) is 6.07 Å². The largest absolute Gasteiger partial charge is 0.456 e. The highest BCUT2D eigenvalue weighted by atomic mass is 32.2. The third-order valence-corrected chi connectivity index (χ3v) is 3.06. The van der Waals surface area contributed by atoms with Crippen LogP contribution in [0.3, 0.4) is 0 Å². The minimum atomic E-state index is 0.635. The van der Waals surface area contributed by atoms with Crippen molar-refractivity contribution in [2.24, 2.45) is 0 Å². The van der Waals surface area contributed by atoms with Crippen LogP contribution < -0.4 is 4.74 Å². The van der Waals surface area contributed by atoms with Crippen LogP contribution in [-0.4, -0.2) is 6.26 Å². The van der Waals surface area contributed by atoms with Crippen molar-refractivity contribution in [3.05, 3.63) is 54.1 Å². The molecule has 0 radical (unpaired) electrons. The second-order valence-electron chi connectivity index (χ2n) is 3.39. The smallest absolute Gasteiger partial charge is 0.140 e.